The van der Waals surface area contributed by atoms with E-state index in [9.17, 15) is 5.11 Å². The zero-order valence-corrected chi connectivity index (χ0v) is 12.8. The average molecular weight is 291 g/mol. The summed E-state index contributed by atoms with van der Waals surface area (Å²) >= 11 is 0. The maximum absolute atomic E-state index is 10.6. The Bertz CT molecular complexity index is 477. The number of aliphatic hydroxyl groups excluding tert-OH is 1. The number of nitrogens with zero attached hydrogens (tertiary/aromatic N) is 1. The zero-order valence-electron chi connectivity index (χ0n) is 12.8. The van der Waals surface area contributed by atoms with Crippen molar-refractivity contribution in [2.45, 2.75) is 51.2 Å². The minimum absolute atomic E-state index is 0.277. The van der Waals surface area contributed by atoms with E-state index in [0.717, 1.165) is 30.0 Å². The third-order valence-corrected chi connectivity index (χ3v) is 4.66. The lowest BCUT2D eigenvalue weighted by Crippen LogP contribution is -2.37. The van der Waals surface area contributed by atoms with Crippen LogP contribution in [0, 0.1) is 0 Å². The SMILES string of the molecule is CCC1CCCCCN1CC(O)c1ccc2c(c1)OCO2. The Labute approximate surface area is 126 Å². The first-order chi connectivity index (χ1) is 10.3. The standard InChI is InChI=1S/C17H25NO3/c1-2-14-6-4-3-5-9-18(14)11-15(19)13-7-8-16-17(10-13)21-12-20-16/h7-8,10,14-15,19H,2-6,9,11-12H2,1H3. The second-order valence-corrected chi connectivity index (χ2v) is 6.03. The fourth-order valence-corrected chi connectivity index (χ4v) is 3.39. The minimum atomic E-state index is -0.466. The number of β-amino-alcohol motifs (C(OH)–C–C–N with tert-alkyl or cyclic N) is 1. The molecular formula is C17H25NO3. The Kier molecular flexibility index (Phi) is 4.66. The molecule has 21 heavy (non-hydrogen) atoms. The summed E-state index contributed by atoms with van der Waals surface area (Å²) in [5.74, 6) is 1.52. The van der Waals surface area contributed by atoms with Gasteiger partial charge in [0.25, 0.3) is 0 Å². The molecule has 1 saturated heterocycles. The summed E-state index contributed by atoms with van der Waals surface area (Å²) in [5, 5.41) is 10.6. The summed E-state index contributed by atoms with van der Waals surface area (Å²) in [5.41, 5.74) is 0.915. The van der Waals surface area contributed by atoms with Crippen LogP contribution in [0.25, 0.3) is 0 Å². The molecule has 2 atom stereocenters. The van der Waals surface area contributed by atoms with Gasteiger partial charge in [-0.25, -0.2) is 0 Å². The lowest BCUT2D eigenvalue weighted by molar-refractivity contribution is 0.0863. The van der Waals surface area contributed by atoms with Gasteiger partial charge in [-0.05, 0) is 43.5 Å². The van der Waals surface area contributed by atoms with E-state index in [1.54, 1.807) is 0 Å². The van der Waals surface area contributed by atoms with Gasteiger partial charge in [0.15, 0.2) is 11.5 Å². The monoisotopic (exact) mass is 291 g/mol. The van der Waals surface area contributed by atoms with Crippen molar-refractivity contribution >= 4 is 0 Å². The number of ether oxygens (including phenoxy) is 2. The summed E-state index contributed by atoms with van der Waals surface area (Å²) in [7, 11) is 0. The van der Waals surface area contributed by atoms with Crippen molar-refractivity contribution in [1.82, 2.24) is 4.90 Å². The van der Waals surface area contributed by atoms with Crippen molar-refractivity contribution in [3.8, 4) is 11.5 Å². The molecule has 116 valence electrons. The largest absolute Gasteiger partial charge is 0.454 e. The van der Waals surface area contributed by atoms with Crippen LogP contribution in [0.15, 0.2) is 18.2 Å². The van der Waals surface area contributed by atoms with Crippen molar-refractivity contribution in [2.24, 2.45) is 0 Å². The molecule has 0 amide bonds. The molecule has 2 heterocycles. The van der Waals surface area contributed by atoms with Gasteiger partial charge in [0.1, 0.15) is 0 Å². The molecular weight excluding hydrogens is 266 g/mol. The Morgan fingerprint density at radius 2 is 2.10 bits per heavy atom. The van der Waals surface area contributed by atoms with E-state index >= 15 is 0 Å². The van der Waals surface area contributed by atoms with E-state index < -0.39 is 6.10 Å². The molecule has 4 nitrogen and oxygen atoms in total. The third kappa shape index (κ3) is 3.33. The Hall–Kier alpha value is -1.26. The molecule has 1 aromatic carbocycles. The maximum atomic E-state index is 10.6. The third-order valence-electron chi connectivity index (χ3n) is 4.66. The van der Waals surface area contributed by atoms with Crippen LogP contribution >= 0.6 is 0 Å². The van der Waals surface area contributed by atoms with Gasteiger partial charge >= 0.3 is 0 Å². The number of hydrogen-bond donors (Lipinski definition) is 1. The van der Waals surface area contributed by atoms with Crippen molar-refractivity contribution < 1.29 is 14.6 Å². The van der Waals surface area contributed by atoms with E-state index in [4.69, 9.17) is 9.47 Å². The number of aliphatic hydroxyl groups is 1. The highest BCUT2D eigenvalue weighted by Gasteiger charge is 2.23. The number of rotatable bonds is 4. The van der Waals surface area contributed by atoms with Crippen LogP contribution < -0.4 is 9.47 Å². The van der Waals surface area contributed by atoms with Crippen molar-refractivity contribution in [3.05, 3.63) is 23.8 Å². The molecule has 3 rings (SSSR count). The van der Waals surface area contributed by atoms with Crippen LogP contribution in [-0.4, -0.2) is 35.9 Å². The second-order valence-electron chi connectivity index (χ2n) is 6.03. The van der Waals surface area contributed by atoms with Crippen LogP contribution in [0.5, 0.6) is 11.5 Å². The first-order valence-electron chi connectivity index (χ1n) is 8.09. The van der Waals surface area contributed by atoms with Gasteiger partial charge < -0.3 is 14.6 Å². The van der Waals surface area contributed by atoms with E-state index in [2.05, 4.69) is 11.8 Å². The number of fused-ring (bicyclic) bond motifs is 1. The molecule has 1 fully saturated rings. The van der Waals surface area contributed by atoms with Crippen molar-refractivity contribution in [2.75, 3.05) is 19.9 Å². The van der Waals surface area contributed by atoms with Gasteiger partial charge in [-0.3, -0.25) is 4.90 Å². The molecule has 1 N–H and O–H groups in total. The predicted octanol–water partition coefficient (Wildman–Crippen LogP) is 3.10. The normalized spacial score (nSPS) is 23.8. The van der Waals surface area contributed by atoms with Crippen LogP contribution in [0.1, 0.15) is 50.7 Å². The fraction of sp³-hybridized carbons (Fsp3) is 0.647. The maximum Gasteiger partial charge on any atom is 0.231 e. The van der Waals surface area contributed by atoms with Gasteiger partial charge in [0.2, 0.25) is 6.79 Å². The Morgan fingerprint density at radius 1 is 1.24 bits per heavy atom. The van der Waals surface area contributed by atoms with Crippen molar-refractivity contribution in [1.29, 1.82) is 0 Å². The molecule has 0 aliphatic carbocycles. The fourth-order valence-electron chi connectivity index (χ4n) is 3.39. The predicted molar refractivity (Wildman–Crippen MR) is 81.6 cm³/mol. The summed E-state index contributed by atoms with van der Waals surface area (Å²) in [4.78, 5) is 2.46. The molecule has 2 unspecified atom stereocenters. The van der Waals surface area contributed by atoms with E-state index in [1.807, 2.05) is 18.2 Å². The Balaban J connectivity index is 1.68. The molecule has 0 radical (unpaired) electrons. The molecule has 4 heteroatoms. The summed E-state index contributed by atoms with van der Waals surface area (Å²) in [6.45, 7) is 4.33. The second kappa shape index (κ2) is 6.67. The van der Waals surface area contributed by atoms with Crippen LogP contribution in [0.3, 0.4) is 0 Å². The molecule has 2 aliphatic heterocycles. The molecule has 0 aromatic heterocycles. The highest BCUT2D eigenvalue weighted by atomic mass is 16.7. The molecule has 0 saturated carbocycles. The number of benzene rings is 1. The van der Waals surface area contributed by atoms with E-state index in [-0.39, 0.29) is 6.79 Å². The molecule has 1 aromatic rings. The van der Waals surface area contributed by atoms with Crippen molar-refractivity contribution in [3.63, 3.8) is 0 Å². The highest BCUT2D eigenvalue weighted by molar-refractivity contribution is 5.45. The van der Waals surface area contributed by atoms with Crippen LogP contribution in [0.4, 0.5) is 0 Å². The lowest BCUT2D eigenvalue weighted by atomic mass is 10.0. The molecule has 0 spiro atoms. The lowest BCUT2D eigenvalue weighted by Gasteiger charge is -2.31. The van der Waals surface area contributed by atoms with Crippen LogP contribution in [-0.2, 0) is 0 Å². The first kappa shape index (κ1) is 14.7. The molecule has 0 bridgehead atoms. The van der Waals surface area contributed by atoms with E-state index in [0.29, 0.717) is 12.6 Å². The minimum Gasteiger partial charge on any atom is -0.454 e. The topological polar surface area (TPSA) is 41.9 Å². The summed E-state index contributed by atoms with van der Waals surface area (Å²) in [6, 6.07) is 6.35. The van der Waals surface area contributed by atoms with Gasteiger partial charge in [0.05, 0.1) is 6.10 Å². The smallest absolute Gasteiger partial charge is 0.231 e. The van der Waals surface area contributed by atoms with Gasteiger partial charge in [0, 0.05) is 12.6 Å². The quantitative estimate of drug-likeness (QED) is 0.925. The Morgan fingerprint density at radius 3 is 2.95 bits per heavy atom. The van der Waals surface area contributed by atoms with Gasteiger partial charge in [-0.1, -0.05) is 25.8 Å². The molecule has 2 aliphatic rings. The van der Waals surface area contributed by atoms with Gasteiger partial charge in [-0.2, -0.15) is 0 Å². The van der Waals surface area contributed by atoms with Gasteiger partial charge in [-0.15, -0.1) is 0 Å². The average Bonchev–Trinajstić information content (AvgIpc) is 2.86. The summed E-state index contributed by atoms with van der Waals surface area (Å²) < 4.78 is 10.7. The highest BCUT2D eigenvalue weighted by Crippen LogP contribution is 2.34. The first-order valence-corrected chi connectivity index (χ1v) is 8.09. The van der Waals surface area contributed by atoms with Crippen LogP contribution in [0.2, 0.25) is 0 Å². The number of likely N-dealkylation sites (tertiary alicyclic amines) is 1. The number of hydrogen-bond acceptors (Lipinski definition) is 4. The zero-order chi connectivity index (χ0) is 14.7. The summed E-state index contributed by atoms with van der Waals surface area (Å²) in [6.07, 6.45) is 5.82. The van der Waals surface area contributed by atoms with E-state index in [1.165, 1.54) is 25.7 Å².